The summed E-state index contributed by atoms with van der Waals surface area (Å²) in [5.74, 6) is -0.370. The van der Waals surface area contributed by atoms with Gasteiger partial charge in [0.15, 0.2) is 4.90 Å². The van der Waals surface area contributed by atoms with Crippen LogP contribution >= 0.6 is 0 Å². The third-order valence-corrected chi connectivity index (χ3v) is 4.18. The van der Waals surface area contributed by atoms with Crippen LogP contribution in [0, 0.1) is 15.9 Å². The van der Waals surface area contributed by atoms with Gasteiger partial charge in [0, 0.05) is 5.69 Å². The smallest absolute Gasteiger partial charge is 0.293 e. The highest BCUT2D eigenvalue weighted by Crippen LogP contribution is 2.29. The van der Waals surface area contributed by atoms with Crippen molar-refractivity contribution in [2.24, 2.45) is 0 Å². The first kappa shape index (κ1) is 15.7. The summed E-state index contributed by atoms with van der Waals surface area (Å²) in [4.78, 5) is 9.71. The Morgan fingerprint density at radius 1 is 1.18 bits per heavy atom. The summed E-state index contributed by atoms with van der Waals surface area (Å²) >= 11 is 0. The Morgan fingerprint density at radius 3 is 2.36 bits per heavy atom. The topological polar surface area (TPSA) is 98.5 Å². The molecule has 0 saturated heterocycles. The van der Waals surface area contributed by atoms with E-state index in [9.17, 15) is 22.9 Å². The predicted molar refractivity (Wildman–Crippen MR) is 76.9 cm³/mol. The number of nitrogens with zero attached hydrogens (tertiary/aromatic N) is 1. The molecule has 0 amide bonds. The lowest BCUT2D eigenvalue weighted by molar-refractivity contribution is -0.387. The van der Waals surface area contributed by atoms with E-state index in [4.69, 9.17) is 4.74 Å². The average Bonchev–Trinajstić information content (AvgIpc) is 2.48. The standard InChI is InChI=1S/C13H11FN2O5S/c1-21-11-6-7-13(12(8-11)16(17)18)22(19,20)15-10-4-2-9(14)3-5-10/h2-8,15H,1H3. The second-order valence-corrected chi connectivity index (χ2v) is 5.85. The van der Waals surface area contributed by atoms with Crippen molar-refractivity contribution in [3.05, 3.63) is 58.4 Å². The van der Waals surface area contributed by atoms with Crippen molar-refractivity contribution < 1.29 is 22.5 Å². The summed E-state index contributed by atoms with van der Waals surface area (Å²) < 4.78 is 44.3. The minimum absolute atomic E-state index is 0.0894. The van der Waals surface area contributed by atoms with E-state index in [-0.39, 0.29) is 11.4 Å². The van der Waals surface area contributed by atoms with Crippen molar-refractivity contribution in [2.45, 2.75) is 4.90 Å². The largest absolute Gasteiger partial charge is 0.497 e. The molecule has 0 fully saturated rings. The minimum atomic E-state index is -4.20. The molecule has 9 heteroatoms. The predicted octanol–water partition coefficient (Wildman–Crippen LogP) is 2.54. The van der Waals surface area contributed by atoms with Gasteiger partial charge in [0.25, 0.3) is 15.7 Å². The van der Waals surface area contributed by atoms with Gasteiger partial charge in [-0.2, -0.15) is 0 Å². The van der Waals surface area contributed by atoms with Gasteiger partial charge in [-0.3, -0.25) is 14.8 Å². The number of halogens is 1. The summed E-state index contributed by atoms with van der Waals surface area (Å²) in [6, 6.07) is 7.94. The Kier molecular flexibility index (Phi) is 4.27. The Hall–Kier alpha value is -2.68. The number of hydrogen-bond donors (Lipinski definition) is 1. The van der Waals surface area contributed by atoms with Crippen LogP contribution in [-0.2, 0) is 10.0 Å². The molecular formula is C13H11FN2O5S. The number of hydrogen-bond acceptors (Lipinski definition) is 5. The van der Waals surface area contributed by atoms with E-state index in [1.165, 1.54) is 25.3 Å². The number of sulfonamides is 1. The van der Waals surface area contributed by atoms with Gasteiger partial charge in [0.1, 0.15) is 11.6 Å². The molecule has 1 N–H and O–H groups in total. The Bertz CT molecular complexity index is 806. The lowest BCUT2D eigenvalue weighted by atomic mass is 10.3. The molecule has 0 unspecified atom stereocenters. The zero-order chi connectivity index (χ0) is 16.3. The third kappa shape index (κ3) is 3.31. The number of nitro benzene ring substituents is 1. The van der Waals surface area contributed by atoms with Gasteiger partial charge in [0.05, 0.1) is 18.1 Å². The van der Waals surface area contributed by atoms with Crippen molar-refractivity contribution in [1.82, 2.24) is 0 Å². The van der Waals surface area contributed by atoms with Crippen molar-refractivity contribution in [1.29, 1.82) is 0 Å². The number of ether oxygens (including phenoxy) is 1. The van der Waals surface area contributed by atoms with Crippen molar-refractivity contribution in [3.63, 3.8) is 0 Å². The molecule has 7 nitrogen and oxygen atoms in total. The van der Waals surface area contributed by atoms with Crippen molar-refractivity contribution >= 4 is 21.4 Å². The second kappa shape index (κ2) is 5.98. The first-order valence-corrected chi connectivity index (χ1v) is 7.42. The number of rotatable bonds is 5. The molecule has 2 rings (SSSR count). The number of benzene rings is 2. The first-order valence-electron chi connectivity index (χ1n) is 5.94. The molecule has 2 aromatic carbocycles. The second-order valence-electron chi connectivity index (χ2n) is 4.20. The zero-order valence-corrected chi connectivity index (χ0v) is 12.1. The van der Waals surface area contributed by atoms with Gasteiger partial charge in [-0.15, -0.1) is 0 Å². The van der Waals surface area contributed by atoms with Crippen LogP contribution < -0.4 is 9.46 Å². The van der Waals surface area contributed by atoms with Crippen LogP contribution in [0.3, 0.4) is 0 Å². The molecular weight excluding hydrogens is 315 g/mol. The van der Waals surface area contributed by atoms with Crippen LogP contribution in [0.25, 0.3) is 0 Å². The molecule has 0 aliphatic carbocycles. The van der Waals surface area contributed by atoms with E-state index in [1.54, 1.807) is 0 Å². The number of nitro groups is 1. The van der Waals surface area contributed by atoms with E-state index in [2.05, 4.69) is 4.72 Å². The number of nitrogens with one attached hydrogen (secondary N) is 1. The van der Waals surface area contributed by atoms with Gasteiger partial charge in [0.2, 0.25) is 0 Å². The summed E-state index contributed by atoms with van der Waals surface area (Å²) in [5, 5.41) is 11.0. The lowest BCUT2D eigenvalue weighted by Gasteiger charge is -2.09. The van der Waals surface area contributed by atoms with Crippen LogP contribution in [0.5, 0.6) is 5.75 Å². The van der Waals surface area contributed by atoms with E-state index in [0.29, 0.717) is 0 Å². The summed E-state index contributed by atoms with van der Waals surface area (Å²) in [6.45, 7) is 0. The average molecular weight is 326 g/mol. The van der Waals surface area contributed by atoms with Crippen LogP contribution in [0.15, 0.2) is 47.4 Å². The van der Waals surface area contributed by atoms with Crippen LogP contribution in [0.2, 0.25) is 0 Å². The van der Waals surface area contributed by atoms with Gasteiger partial charge in [-0.05, 0) is 36.4 Å². The Morgan fingerprint density at radius 2 is 1.82 bits per heavy atom. The maximum absolute atomic E-state index is 12.8. The minimum Gasteiger partial charge on any atom is -0.497 e. The molecule has 2 aromatic rings. The maximum Gasteiger partial charge on any atom is 0.293 e. The van der Waals surface area contributed by atoms with Gasteiger partial charge in [-0.25, -0.2) is 12.8 Å². The molecule has 0 radical (unpaired) electrons. The zero-order valence-electron chi connectivity index (χ0n) is 11.3. The SMILES string of the molecule is COc1ccc(S(=O)(=O)Nc2ccc(F)cc2)c([N+](=O)[O-])c1. The normalized spacial score (nSPS) is 11.0. The molecule has 0 aliphatic heterocycles. The first-order chi connectivity index (χ1) is 10.3. The van der Waals surface area contributed by atoms with Crippen molar-refractivity contribution in [2.75, 3.05) is 11.8 Å². The molecule has 0 saturated carbocycles. The molecule has 22 heavy (non-hydrogen) atoms. The Labute approximate surface area is 125 Å². The molecule has 0 aromatic heterocycles. The van der Waals surface area contributed by atoms with E-state index in [0.717, 1.165) is 24.3 Å². The molecule has 0 aliphatic rings. The van der Waals surface area contributed by atoms with E-state index >= 15 is 0 Å². The Balaban J connectivity index is 2.44. The van der Waals surface area contributed by atoms with Crippen molar-refractivity contribution in [3.8, 4) is 5.75 Å². The third-order valence-electron chi connectivity index (χ3n) is 2.75. The fourth-order valence-electron chi connectivity index (χ4n) is 1.72. The van der Waals surface area contributed by atoms with E-state index < -0.39 is 31.3 Å². The maximum atomic E-state index is 12.8. The van der Waals surface area contributed by atoms with E-state index in [1.807, 2.05) is 0 Å². The van der Waals surface area contributed by atoms with Gasteiger partial charge < -0.3 is 4.74 Å². The number of anilines is 1. The fourth-order valence-corrected chi connectivity index (χ4v) is 2.93. The summed E-state index contributed by atoms with van der Waals surface area (Å²) in [5.41, 5.74) is -0.527. The summed E-state index contributed by atoms with van der Waals surface area (Å²) in [7, 11) is -2.89. The molecule has 0 bridgehead atoms. The number of methoxy groups -OCH3 is 1. The highest BCUT2D eigenvalue weighted by atomic mass is 32.2. The fraction of sp³-hybridized carbons (Fsp3) is 0.0769. The summed E-state index contributed by atoms with van der Waals surface area (Å²) in [6.07, 6.45) is 0. The van der Waals surface area contributed by atoms with Gasteiger partial charge >= 0.3 is 0 Å². The lowest BCUT2D eigenvalue weighted by Crippen LogP contribution is -2.14. The molecule has 0 atom stereocenters. The molecule has 0 heterocycles. The van der Waals surface area contributed by atoms with Crippen LogP contribution in [-0.4, -0.2) is 20.5 Å². The van der Waals surface area contributed by atoms with Gasteiger partial charge in [-0.1, -0.05) is 0 Å². The van der Waals surface area contributed by atoms with Crippen LogP contribution in [0.1, 0.15) is 0 Å². The molecule has 0 spiro atoms. The quantitative estimate of drug-likeness (QED) is 0.672. The highest BCUT2D eigenvalue weighted by molar-refractivity contribution is 7.92. The molecule has 116 valence electrons. The monoisotopic (exact) mass is 326 g/mol. The highest BCUT2D eigenvalue weighted by Gasteiger charge is 2.26. The van der Waals surface area contributed by atoms with Crippen LogP contribution in [0.4, 0.5) is 15.8 Å².